The summed E-state index contributed by atoms with van der Waals surface area (Å²) in [6, 6.07) is 64.8. The normalized spacial score (nSPS) is 15.4. The first kappa shape index (κ1) is 35.0. The van der Waals surface area contributed by atoms with Crippen molar-refractivity contribution in [1.29, 1.82) is 0 Å². The van der Waals surface area contributed by atoms with Gasteiger partial charge in [-0.25, -0.2) is 0 Å². The number of hydrogen-bond donors (Lipinski definition) is 0. The van der Waals surface area contributed by atoms with Crippen LogP contribution in [0.5, 0.6) is 11.5 Å². The van der Waals surface area contributed by atoms with Crippen molar-refractivity contribution in [2.45, 2.75) is 45.4 Å². The molecule has 0 N–H and O–H groups in total. The molecule has 4 heterocycles. The van der Waals surface area contributed by atoms with Crippen LogP contribution >= 0.6 is 0 Å². The maximum Gasteiger partial charge on any atom is 0.333 e. The van der Waals surface area contributed by atoms with Crippen LogP contribution in [0.3, 0.4) is 0 Å². The van der Waals surface area contributed by atoms with Crippen LogP contribution in [0, 0.1) is 6.92 Å². The molecule has 60 heavy (non-hydrogen) atoms. The minimum Gasteiger partial charge on any atom is -0.457 e. The Labute approximate surface area is 353 Å². The van der Waals surface area contributed by atoms with Crippen molar-refractivity contribution in [3.05, 3.63) is 204 Å². The maximum atomic E-state index is 6.92. The van der Waals surface area contributed by atoms with Gasteiger partial charge >= 0.3 is 6.85 Å². The highest BCUT2D eigenvalue weighted by atomic mass is 16.5. The summed E-state index contributed by atoms with van der Waals surface area (Å²) in [5.41, 5.74) is 20.2. The van der Waals surface area contributed by atoms with Gasteiger partial charge in [0.15, 0.2) is 0 Å². The molecule has 0 bridgehead atoms. The molecule has 4 aliphatic heterocycles. The third-order valence-electron chi connectivity index (χ3n) is 13.8. The fourth-order valence-electron chi connectivity index (χ4n) is 10.9. The lowest BCUT2D eigenvalue weighted by molar-refractivity contribution is 0.418. The second-order valence-corrected chi connectivity index (χ2v) is 17.8. The van der Waals surface area contributed by atoms with E-state index in [-0.39, 0.29) is 17.7 Å². The van der Waals surface area contributed by atoms with Gasteiger partial charge in [-0.05, 0) is 101 Å². The molecule has 0 fully saturated rings. The molecule has 0 atom stereocenters. The molecule has 5 heteroatoms. The van der Waals surface area contributed by atoms with E-state index in [1.165, 1.54) is 72.6 Å². The highest BCUT2D eigenvalue weighted by molar-refractivity contribution is 6.93. The van der Waals surface area contributed by atoms with Crippen molar-refractivity contribution >= 4 is 63.3 Å². The minimum atomic E-state index is -0.291. The van der Waals surface area contributed by atoms with Gasteiger partial charge in [0, 0.05) is 73.4 Å². The van der Waals surface area contributed by atoms with Gasteiger partial charge in [0.2, 0.25) is 0 Å². The second-order valence-electron chi connectivity index (χ2n) is 17.8. The number of fused-ring (bicyclic) bond motifs is 8. The van der Waals surface area contributed by atoms with E-state index < -0.39 is 0 Å². The maximum absolute atomic E-state index is 6.92. The first-order valence-electron chi connectivity index (χ1n) is 21.1. The van der Waals surface area contributed by atoms with Crippen LogP contribution in [0.15, 0.2) is 176 Å². The monoisotopic (exact) mass is 773 g/mol. The molecule has 4 nitrogen and oxygen atoms in total. The smallest absolute Gasteiger partial charge is 0.333 e. The van der Waals surface area contributed by atoms with Crippen molar-refractivity contribution in [2.24, 2.45) is 0 Å². The summed E-state index contributed by atoms with van der Waals surface area (Å²) >= 11 is 0. The SMILES string of the molecule is Cc1ccccc1N1B2c3cccc4c3N(c3ccccc3C4(C)C)c3cc(N(c4ccccc4)c4ccccc4)cc(c32)-c2cc3c(cc21)Oc1ccccc1C3(C)C. The fourth-order valence-corrected chi connectivity index (χ4v) is 10.9. The summed E-state index contributed by atoms with van der Waals surface area (Å²) in [6.45, 7) is 11.6. The molecule has 8 aromatic rings. The van der Waals surface area contributed by atoms with Crippen molar-refractivity contribution in [3.8, 4) is 22.6 Å². The third-order valence-corrected chi connectivity index (χ3v) is 13.8. The lowest BCUT2D eigenvalue weighted by Crippen LogP contribution is -2.62. The van der Waals surface area contributed by atoms with E-state index >= 15 is 0 Å². The zero-order valence-corrected chi connectivity index (χ0v) is 34.6. The highest BCUT2D eigenvalue weighted by Crippen LogP contribution is 2.58. The van der Waals surface area contributed by atoms with Gasteiger partial charge in [-0.15, -0.1) is 0 Å². The summed E-state index contributed by atoms with van der Waals surface area (Å²) in [4.78, 5) is 7.64. The number of rotatable bonds is 4. The third kappa shape index (κ3) is 4.75. The molecule has 4 aliphatic rings. The van der Waals surface area contributed by atoms with Crippen molar-refractivity contribution in [3.63, 3.8) is 0 Å². The molecule has 0 radical (unpaired) electrons. The predicted octanol–water partition coefficient (Wildman–Crippen LogP) is 13.2. The summed E-state index contributed by atoms with van der Waals surface area (Å²) in [6.07, 6.45) is 0. The van der Waals surface area contributed by atoms with Gasteiger partial charge in [-0.1, -0.05) is 137 Å². The van der Waals surface area contributed by atoms with Gasteiger partial charge in [-0.3, -0.25) is 0 Å². The molecule has 0 saturated carbocycles. The Morgan fingerprint density at radius 3 is 1.82 bits per heavy atom. The molecule has 0 amide bonds. The van der Waals surface area contributed by atoms with Crippen LogP contribution < -0.4 is 30.3 Å². The van der Waals surface area contributed by atoms with Crippen LogP contribution in [0.1, 0.15) is 55.5 Å². The van der Waals surface area contributed by atoms with Crippen LogP contribution in [-0.2, 0) is 10.8 Å². The van der Waals surface area contributed by atoms with E-state index in [2.05, 4.69) is 225 Å². The number of para-hydroxylation sites is 6. The van der Waals surface area contributed by atoms with E-state index in [1.54, 1.807) is 0 Å². The molecule has 0 unspecified atom stereocenters. The Morgan fingerprint density at radius 2 is 1.08 bits per heavy atom. The van der Waals surface area contributed by atoms with Gasteiger partial charge in [0.05, 0.1) is 5.69 Å². The summed E-state index contributed by atoms with van der Waals surface area (Å²) < 4.78 is 6.92. The largest absolute Gasteiger partial charge is 0.457 e. The van der Waals surface area contributed by atoms with Gasteiger partial charge in [-0.2, -0.15) is 0 Å². The quantitative estimate of drug-likeness (QED) is 0.166. The number of nitrogens with zero attached hydrogens (tertiary/aromatic N) is 3. The molecule has 8 aromatic carbocycles. The average Bonchev–Trinajstić information content (AvgIpc) is 3.27. The van der Waals surface area contributed by atoms with Crippen LogP contribution in [0.4, 0.5) is 45.5 Å². The molecular weight excluding hydrogens is 729 g/mol. The number of anilines is 8. The predicted molar refractivity (Wildman–Crippen MR) is 250 cm³/mol. The zero-order valence-electron chi connectivity index (χ0n) is 34.6. The first-order chi connectivity index (χ1) is 29.2. The van der Waals surface area contributed by atoms with Crippen LogP contribution in [0.25, 0.3) is 11.1 Å². The van der Waals surface area contributed by atoms with E-state index in [9.17, 15) is 0 Å². The van der Waals surface area contributed by atoms with E-state index in [4.69, 9.17) is 4.74 Å². The summed E-state index contributed by atoms with van der Waals surface area (Å²) in [5.74, 6) is 1.83. The van der Waals surface area contributed by atoms with Crippen molar-refractivity contribution < 1.29 is 4.74 Å². The van der Waals surface area contributed by atoms with Gasteiger partial charge < -0.3 is 19.3 Å². The number of benzene rings is 8. The van der Waals surface area contributed by atoms with Gasteiger partial charge in [0.25, 0.3) is 0 Å². The van der Waals surface area contributed by atoms with Crippen molar-refractivity contribution in [1.82, 2.24) is 0 Å². The Bertz CT molecular complexity index is 3020. The van der Waals surface area contributed by atoms with E-state index in [0.29, 0.717) is 0 Å². The number of ether oxygens (including phenoxy) is 1. The Morgan fingerprint density at radius 1 is 0.467 bits per heavy atom. The standard InChI is InChI=1S/C55H44BN3O/c1-35-19-12-15-28-46(35)59-48-34-51-44(55(4,5)42-25-14-17-30-50(42)60-51)33-39(48)40-31-38(57(36-20-8-6-9-21-36)37-22-10-7-11-23-37)32-49-52(40)56(59)45-27-18-26-43-53(45)58(49)47-29-16-13-24-41(47)54(43,2)3/h6-34H,1-5H3. The number of hydrogen-bond acceptors (Lipinski definition) is 4. The highest BCUT2D eigenvalue weighted by Gasteiger charge is 2.50. The summed E-state index contributed by atoms with van der Waals surface area (Å²) in [5, 5.41) is 0. The van der Waals surface area contributed by atoms with Gasteiger partial charge in [0.1, 0.15) is 11.5 Å². The summed E-state index contributed by atoms with van der Waals surface area (Å²) in [7, 11) is 0. The average molecular weight is 774 g/mol. The molecule has 12 rings (SSSR count). The topological polar surface area (TPSA) is 19.0 Å². The Kier molecular flexibility index (Phi) is 7.30. The number of aryl methyl sites for hydroxylation is 1. The first-order valence-corrected chi connectivity index (χ1v) is 21.1. The van der Waals surface area contributed by atoms with Crippen LogP contribution in [-0.4, -0.2) is 6.85 Å². The van der Waals surface area contributed by atoms with Crippen molar-refractivity contribution in [2.75, 3.05) is 14.6 Å². The fraction of sp³-hybridized carbons (Fsp3) is 0.127. The Balaban J connectivity index is 1.24. The molecule has 0 spiro atoms. The second kappa shape index (κ2) is 12.5. The molecule has 0 aliphatic carbocycles. The van der Waals surface area contributed by atoms with Crippen LogP contribution in [0.2, 0.25) is 0 Å². The Hall–Kier alpha value is -6.98. The lowest BCUT2D eigenvalue weighted by atomic mass is 9.42. The van der Waals surface area contributed by atoms with E-state index in [0.717, 1.165) is 34.2 Å². The lowest BCUT2D eigenvalue weighted by Gasteiger charge is -2.51. The molecule has 288 valence electrons. The van der Waals surface area contributed by atoms with E-state index in [1.807, 2.05) is 0 Å². The molecule has 0 aromatic heterocycles. The minimum absolute atomic E-state index is 0.117. The molecular formula is C55H44BN3O. The zero-order chi connectivity index (χ0) is 40.5. The molecule has 0 saturated heterocycles.